The maximum absolute atomic E-state index is 11.2. The van der Waals surface area contributed by atoms with E-state index in [-0.39, 0.29) is 0 Å². The monoisotopic (exact) mass is 269 g/mol. The second kappa shape index (κ2) is 4.90. The van der Waals surface area contributed by atoms with E-state index in [0.717, 1.165) is 32.1 Å². The highest BCUT2D eigenvalue weighted by molar-refractivity contribution is 5.34. The van der Waals surface area contributed by atoms with Crippen molar-refractivity contribution in [3.8, 4) is 6.07 Å². The molecule has 0 radical (unpaired) electrons. The van der Waals surface area contributed by atoms with Crippen molar-refractivity contribution >= 4 is 0 Å². The van der Waals surface area contributed by atoms with Crippen LogP contribution in [0.15, 0.2) is 24.3 Å². The van der Waals surface area contributed by atoms with Gasteiger partial charge in [0, 0.05) is 0 Å². The summed E-state index contributed by atoms with van der Waals surface area (Å²) in [5.41, 5.74) is 1.22. The number of nitriles is 1. The maximum Gasteiger partial charge on any atom is 0.0903 e. The Kier molecular flexibility index (Phi) is 3.34. The molecule has 3 unspecified atom stereocenters. The van der Waals surface area contributed by atoms with Crippen molar-refractivity contribution in [3.63, 3.8) is 0 Å². The fourth-order valence-electron chi connectivity index (χ4n) is 4.29. The largest absolute Gasteiger partial charge is 0.388 e. The molecular formula is C18H23NO. The first-order chi connectivity index (χ1) is 9.59. The third kappa shape index (κ3) is 2.05. The van der Waals surface area contributed by atoms with Crippen LogP contribution in [0.4, 0.5) is 0 Å². The molecule has 0 heterocycles. The topological polar surface area (TPSA) is 44.0 Å². The van der Waals surface area contributed by atoms with Crippen LogP contribution >= 0.6 is 0 Å². The Morgan fingerprint density at radius 1 is 1.25 bits per heavy atom. The quantitative estimate of drug-likeness (QED) is 0.846. The molecule has 0 bridgehead atoms. The lowest BCUT2D eigenvalue weighted by Gasteiger charge is -2.49. The van der Waals surface area contributed by atoms with E-state index < -0.39 is 11.0 Å². The third-order valence-corrected chi connectivity index (χ3v) is 5.51. The number of benzene rings is 1. The Bertz CT molecular complexity index is 547. The number of hydrogen-bond donors (Lipinski definition) is 1. The zero-order valence-electron chi connectivity index (χ0n) is 12.2. The maximum atomic E-state index is 11.2. The molecule has 1 fully saturated rings. The number of aryl methyl sites for hydroxylation is 1. The van der Waals surface area contributed by atoms with Gasteiger partial charge in [-0.1, -0.05) is 44.0 Å². The van der Waals surface area contributed by atoms with Gasteiger partial charge < -0.3 is 5.11 Å². The van der Waals surface area contributed by atoms with Gasteiger partial charge in [-0.2, -0.15) is 5.26 Å². The van der Waals surface area contributed by atoms with E-state index in [1.165, 1.54) is 17.5 Å². The molecule has 2 aliphatic carbocycles. The van der Waals surface area contributed by atoms with Crippen molar-refractivity contribution in [1.29, 1.82) is 5.26 Å². The molecule has 2 aliphatic rings. The van der Waals surface area contributed by atoms with Gasteiger partial charge >= 0.3 is 0 Å². The molecule has 3 atom stereocenters. The van der Waals surface area contributed by atoms with Crippen molar-refractivity contribution in [3.05, 3.63) is 35.4 Å². The fourth-order valence-corrected chi connectivity index (χ4v) is 4.29. The van der Waals surface area contributed by atoms with Crippen LogP contribution < -0.4 is 0 Å². The standard InChI is InChI=1S/C18H23NO/c1-14-5-4-9-18(20,11-14)17(13-19)10-8-15-6-2-3-7-16(15)12-17/h2-3,6-7,14,20H,4-5,8-12H2,1H3. The highest BCUT2D eigenvalue weighted by Gasteiger charge is 2.53. The fraction of sp³-hybridized carbons (Fsp3) is 0.611. The molecule has 3 rings (SSSR count). The van der Waals surface area contributed by atoms with Gasteiger partial charge in [0.1, 0.15) is 0 Å². The molecule has 1 aromatic rings. The molecule has 1 aromatic carbocycles. The number of rotatable bonds is 1. The van der Waals surface area contributed by atoms with Crippen LogP contribution in [0.2, 0.25) is 0 Å². The molecule has 1 N–H and O–H groups in total. The molecular weight excluding hydrogens is 246 g/mol. The van der Waals surface area contributed by atoms with Gasteiger partial charge in [-0.05, 0) is 49.1 Å². The van der Waals surface area contributed by atoms with Gasteiger partial charge in [-0.25, -0.2) is 0 Å². The average molecular weight is 269 g/mol. The third-order valence-electron chi connectivity index (χ3n) is 5.51. The van der Waals surface area contributed by atoms with Crippen LogP contribution in [0.1, 0.15) is 50.2 Å². The Morgan fingerprint density at radius 3 is 2.70 bits per heavy atom. The van der Waals surface area contributed by atoms with E-state index >= 15 is 0 Å². The van der Waals surface area contributed by atoms with E-state index in [9.17, 15) is 10.4 Å². The number of nitrogens with zero attached hydrogens (tertiary/aromatic N) is 1. The highest BCUT2D eigenvalue weighted by atomic mass is 16.3. The van der Waals surface area contributed by atoms with E-state index in [1.54, 1.807) is 0 Å². The molecule has 0 saturated heterocycles. The first-order valence-electron chi connectivity index (χ1n) is 7.79. The average Bonchev–Trinajstić information content (AvgIpc) is 2.46. The smallest absolute Gasteiger partial charge is 0.0903 e. The van der Waals surface area contributed by atoms with E-state index in [1.807, 2.05) is 6.07 Å². The lowest BCUT2D eigenvalue weighted by Crippen LogP contribution is -2.53. The normalized spacial score (nSPS) is 37.0. The number of aliphatic hydroxyl groups is 1. The summed E-state index contributed by atoms with van der Waals surface area (Å²) in [6.45, 7) is 2.20. The summed E-state index contributed by atoms with van der Waals surface area (Å²) < 4.78 is 0. The molecule has 0 aliphatic heterocycles. The SMILES string of the molecule is CC1CCCC(O)(C2(C#N)CCc3ccccc3C2)C1. The van der Waals surface area contributed by atoms with Crippen molar-refractivity contribution in [1.82, 2.24) is 0 Å². The Balaban J connectivity index is 1.96. The molecule has 0 spiro atoms. The number of fused-ring (bicyclic) bond motifs is 1. The summed E-state index contributed by atoms with van der Waals surface area (Å²) in [7, 11) is 0. The van der Waals surface area contributed by atoms with Crippen LogP contribution in [-0.4, -0.2) is 10.7 Å². The van der Waals surface area contributed by atoms with Crippen LogP contribution in [0.25, 0.3) is 0 Å². The Hall–Kier alpha value is -1.33. The van der Waals surface area contributed by atoms with Crippen LogP contribution in [0.3, 0.4) is 0 Å². The lowest BCUT2D eigenvalue weighted by atomic mass is 9.57. The van der Waals surface area contributed by atoms with Crippen molar-refractivity contribution < 1.29 is 5.11 Å². The molecule has 2 nitrogen and oxygen atoms in total. The van der Waals surface area contributed by atoms with Gasteiger partial charge in [0.15, 0.2) is 0 Å². The minimum Gasteiger partial charge on any atom is -0.388 e. The van der Waals surface area contributed by atoms with Crippen LogP contribution in [0, 0.1) is 22.7 Å². The predicted octanol–water partition coefficient (Wildman–Crippen LogP) is 3.63. The zero-order chi connectivity index (χ0) is 14.2. The van der Waals surface area contributed by atoms with E-state index in [4.69, 9.17) is 0 Å². The number of hydrogen-bond acceptors (Lipinski definition) is 2. The van der Waals surface area contributed by atoms with Crippen LogP contribution in [-0.2, 0) is 12.8 Å². The minimum atomic E-state index is -0.799. The molecule has 20 heavy (non-hydrogen) atoms. The summed E-state index contributed by atoms with van der Waals surface area (Å²) in [6.07, 6.45) is 6.21. The van der Waals surface area contributed by atoms with Gasteiger partial charge in [0.25, 0.3) is 0 Å². The van der Waals surface area contributed by atoms with Crippen molar-refractivity contribution in [2.75, 3.05) is 0 Å². The van der Waals surface area contributed by atoms with Gasteiger partial charge in [0.2, 0.25) is 0 Å². The first kappa shape index (κ1) is 13.6. The van der Waals surface area contributed by atoms with Gasteiger partial charge in [0.05, 0.1) is 17.1 Å². The Morgan fingerprint density at radius 2 is 2.00 bits per heavy atom. The molecule has 106 valence electrons. The summed E-state index contributed by atoms with van der Waals surface area (Å²) in [6, 6.07) is 10.9. The van der Waals surface area contributed by atoms with E-state index in [2.05, 4.69) is 31.2 Å². The summed E-state index contributed by atoms with van der Waals surface area (Å²) in [5.74, 6) is 0.524. The minimum absolute atomic E-state index is 0.524. The summed E-state index contributed by atoms with van der Waals surface area (Å²) in [5, 5.41) is 21.1. The van der Waals surface area contributed by atoms with Crippen LogP contribution in [0.5, 0.6) is 0 Å². The van der Waals surface area contributed by atoms with Crippen molar-refractivity contribution in [2.24, 2.45) is 11.3 Å². The summed E-state index contributed by atoms with van der Waals surface area (Å²) >= 11 is 0. The molecule has 0 aromatic heterocycles. The Labute approximate surface area is 121 Å². The van der Waals surface area contributed by atoms with Crippen molar-refractivity contribution in [2.45, 2.75) is 57.5 Å². The summed E-state index contributed by atoms with van der Waals surface area (Å²) in [4.78, 5) is 0. The second-order valence-corrected chi connectivity index (χ2v) is 6.87. The molecule has 1 saturated carbocycles. The first-order valence-corrected chi connectivity index (χ1v) is 7.79. The predicted molar refractivity (Wildman–Crippen MR) is 79.1 cm³/mol. The molecule has 2 heteroatoms. The van der Waals surface area contributed by atoms with Gasteiger partial charge in [-0.15, -0.1) is 0 Å². The van der Waals surface area contributed by atoms with E-state index in [0.29, 0.717) is 12.3 Å². The zero-order valence-corrected chi connectivity index (χ0v) is 12.2. The highest BCUT2D eigenvalue weighted by Crippen LogP contribution is 2.50. The molecule has 0 amide bonds. The van der Waals surface area contributed by atoms with Gasteiger partial charge in [-0.3, -0.25) is 0 Å². The lowest BCUT2D eigenvalue weighted by molar-refractivity contribution is -0.0998. The second-order valence-electron chi connectivity index (χ2n) is 6.87.